The van der Waals surface area contributed by atoms with Crippen LogP contribution in [0.1, 0.15) is 39.1 Å². The highest BCUT2D eigenvalue weighted by Crippen LogP contribution is 2.23. The number of benzene rings is 2. The SMILES string of the molecule is COCCNC(=O)[C@H](NC(=O)c1ccccc1)C1CCN(C(=O)c2ccccc2C)CC1. The second-order valence-electron chi connectivity index (χ2n) is 8.05. The van der Waals surface area contributed by atoms with Crippen LogP contribution in [0, 0.1) is 12.8 Å². The summed E-state index contributed by atoms with van der Waals surface area (Å²) in [4.78, 5) is 40.4. The van der Waals surface area contributed by atoms with Crippen LogP contribution in [0.4, 0.5) is 0 Å². The van der Waals surface area contributed by atoms with Crippen molar-refractivity contribution in [3.05, 3.63) is 71.3 Å². The van der Waals surface area contributed by atoms with E-state index in [2.05, 4.69) is 10.6 Å². The zero-order valence-corrected chi connectivity index (χ0v) is 18.7. The largest absolute Gasteiger partial charge is 0.383 e. The molecule has 1 fully saturated rings. The Balaban J connectivity index is 1.67. The molecule has 2 aromatic carbocycles. The number of rotatable bonds is 8. The van der Waals surface area contributed by atoms with Gasteiger partial charge in [-0.3, -0.25) is 14.4 Å². The number of nitrogens with zero attached hydrogens (tertiary/aromatic N) is 1. The summed E-state index contributed by atoms with van der Waals surface area (Å²) in [5.41, 5.74) is 2.16. The fourth-order valence-corrected chi connectivity index (χ4v) is 4.02. The van der Waals surface area contributed by atoms with Gasteiger partial charge in [0.05, 0.1) is 6.61 Å². The summed E-state index contributed by atoms with van der Waals surface area (Å²) >= 11 is 0. The van der Waals surface area contributed by atoms with Gasteiger partial charge in [0.15, 0.2) is 0 Å². The van der Waals surface area contributed by atoms with E-state index in [-0.39, 0.29) is 23.6 Å². The number of aryl methyl sites for hydroxylation is 1. The van der Waals surface area contributed by atoms with E-state index in [4.69, 9.17) is 4.74 Å². The molecule has 1 heterocycles. The monoisotopic (exact) mass is 437 g/mol. The van der Waals surface area contributed by atoms with Gasteiger partial charge in [0, 0.05) is 37.9 Å². The lowest BCUT2D eigenvalue weighted by molar-refractivity contribution is -0.124. The van der Waals surface area contributed by atoms with Crippen molar-refractivity contribution in [1.82, 2.24) is 15.5 Å². The molecule has 1 atom stereocenters. The van der Waals surface area contributed by atoms with Crippen LogP contribution in [-0.4, -0.2) is 62.0 Å². The molecular weight excluding hydrogens is 406 g/mol. The van der Waals surface area contributed by atoms with Crippen molar-refractivity contribution in [3.8, 4) is 0 Å². The van der Waals surface area contributed by atoms with Crippen molar-refractivity contribution in [2.45, 2.75) is 25.8 Å². The molecule has 2 aromatic rings. The van der Waals surface area contributed by atoms with Crippen molar-refractivity contribution in [2.75, 3.05) is 33.4 Å². The van der Waals surface area contributed by atoms with E-state index in [0.29, 0.717) is 50.2 Å². The molecule has 3 amide bonds. The van der Waals surface area contributed by atoms with Crippen molar-refractivity contribution in [2.24, 2.45) is 5.92 Å². The molecule has 170 valence electrons. The molecule has 0 saturated carbocycles. The number of nitrogens with one attached hydrogen (secondary N) is 2. The predicted octanol–water partition coefficient (Wildman–Crippen LogP) is 2.41. The standard InChI is InChI=1S/C25H31N3O4/c1-18-8-6-7-11-21(18)25(31)28-15-12-19(13-16-28)22(24(30)26-14-17-32-2)27-23(29)20-9-4-3-5-10-20/h3-11,19,22H,12-17H2,1-2H3,(H,26,30)(H,27,29)/t22-/m1/s1. The summed E-state index contributed by atoms with van der Waals surface area (Å²) in [5, 5.41) is 5.77. The van der Waals surface area contributed by atoms with E-state index >= 15 is 0 Å². The summed E-state index contributed by atoms with van der Waals surface area (Å²) < 4.78 is 5.01. The topological polar surface area (TPSA) is 87.7 Å². The zero-order chi connectivity index (χ0) is 22.9. The van der Waals surface area contributed by atoms with Crippen LogP contribution in [0.5, 0.6) is 0 Å². The number of hydrogen-bond acceptors (Lipinski definition) is 4. The first-order valence-corrected chi connectivity index (χ1v) is 11.0. The minimum Gasteiger partial charge on any atom is -0.383 e. The van der Waals surface area contributed by atoms with Crippen molar-refractivity contribution in [3.63, 3.8) is 0 Å². The average molecular weight is 438 g/mol. The molecular formula is C25H31N3O4. The second kappa shape index (κ2) is 11.4. The van der Waals surface area contributed by atoms with Gasteiger partial charge in [0.1, 0.15) is 6.04 Å². The van der Waals surface area contributed by atoms with E-state index in [1.54, 1.807) is 31.4 Å². The summed E-state index contributed by atoms with van der Waals surface area (Å²) in [5.74, 6) is -0.562. The maximum atomic E-state index is 12.9. The van der Waals surface area contributed by atoms with Crippen LogP contribution >= 0.6 is 0 Å². The van der Waals surface area contributed by atoms with Crippen LogP contribution in [0.2, 0.25) is 0 Å². The normalized spacial score (nSPS) is 15.1. The van der Waals surface area contributed by atoms with Crippen LogP contribution < -0.4 is 10.6 Å². The summed E-state index contributed by atoms with van der Waals surface area (Å²) in [6.07, 6.45) is 1.27. The summed E-state index contributed by atoms with van der Waals surface area (Å²) in [6.45, 7) is 3.79. The number of hydrogen-bond donors (Lipinski definition) is 2. The van der Waals surface area contributed by atoms with Gasteiger partial charge < -0.3 is 20.3 Å². The minimum atomic E-state index is -0.671. The zero-order valence-electron chi connectivity index (χ0n) is 18.7. The average Bonchev–Trinajstić information content (AvgIpc) is 2.83. The fraction of sp³-hybridized carbons (Fsp3) is 0.400. The van der Waals surface area contributed by atoms with Crippen molar-refractivity contribution in [1.29, 1.82) is 0 Å². The molecule has 2 N–H and O–H groups in total. The lowest BCUT2D eigenvalue weighted by Gasteiger charge is -2.36. The molecule has 1 aliphatic rings. The molecule has 7 heteroatoms. The number of ether oxygens (including phenoxy) is 1. The first kappa shape index (κ1) is 23.5. The van der Waals surface area contributed by atoms with Gasteiger partial charge in [-0.05, 0) is 49.4 Å². The number of amides is 3. The Kier molecular flexibility index (Phi) is 8.39. The molecule has 1 aliphatic heterocycles. The molecule has 0 bridgehead atoms. The van der Waals surface area contributed by atoms with Crippen LogP contribution in [0.3, 0.4) is 0 Å². The van der Waals surface area contributed by atoms with Crippen LogP contribution in [-0.2, 0) is 9.53 Å². The van der Waals surface area contributed by atoms with Gasteiger partial charge in [-0.25, -0.2) is 0 Å². The third-order valence-corrected chi connectivity index (χ3v) is 5.88. The molecule has 0 aromatic heterocycles. The lowest BCUT2D eigenvalue weighted by atomic mass is 9.88. The van der Waals surface area contributed by atoms with Crippen LogP contribution in [0.25, 0.3) is 0 Å². The molecule has 0 spiro atoms. The van der Waals surface area contributed by atoms with E-state index in [0.717, 1.165) is 5.56 Å². The maximum Gasteiger partial charge on any atom is 0.254 e. The molecule has 0 radical (unpaired) electrons. The first-order chi connectivity index (χ1) is 15.5. The van der Waals surface area contributed by atoms with Crippen molar-refractivity contribution < 1.29 is 19.1 Å². The predicted molar refractivity (Wildman–Crippen MR) is 122 cm³/mol. The Morgan fingerprint density at radius 2 is 1.69 bits per heavy atom. The summed E-state index contributed by atoms with van der Waals surface area (Å²) in [6, 6.07) is 15.7. The van der Waals surface area contributed by atoms with Crippen LogP contribution in [0.15, 0.2) is 54.6 Å². The Hall–Kier alpha value is -3.19. The van der Waals surface area contributed by atoms with Gasteiger partial charge in [0.25, 0.3) is 11.8 Å². The molecule has 1 saturated heterocycles. The number of carbonyl (C=O) groups is 3. The molecule has 0 unspecified atom stereocenters. The first-order valence-electron chi connectivity index (χ1n) is 11.0. The highest BCUT2D eigenvalue weighted by Gasteiger charge is 2.34. The second-order valence-corrected chi connectivity index (χ2v) is 8.05. The van der Waals surface area contributed by atoms with E-state index in [1.165, 1.54) is 0 Å². The van der Waals surface area contributed by atoms with E-state index in [1.807, 2.05) is 42.2 Å². The highest BCUT2D eigenvalue weighted by molar-refractivity contribution is 5.98. The fourth-order valence-electron chi connectivity index (χ4n) is 4.02. The molecule has 32 heavy (non-hydrogen) atoms. The smallest absolute Gasteiger partial charge is 0.254 e. The lowest BCUT2D eigenvalue weighted by Crippen LogP contribution is -2.54. The molecule has 0 aliphatic carbocycles. The number of carbonyl (C=O) groups excluding carboxylic acids is 3. The third kappa shape index (κ3) is 5.95. The Morgan fingerprint density at radius 3 is 2.34 bits per heavy atom. The van der Waals surface area contributed by atoms with E-state index in [9.17, 15) is 14.4 Å². The van der Waals surface area contributed by atoms with Crippen molar-refractivity contribution >= 4 is 17.7 Å². The Labute approximate surface area is 189 Å². The number of methoxy groups -OCH3 is 1. The molecule has 7 nitrogen and oxygen atoms in total. The van der Waals surface area contributed by atoms with Gasteiger partial charge in [-0.15, -0.1) is 0 Å². The third-order valence-electron chi connectivity index (χ3n) is 5.88. The molecule has 3 rings (SSSR count). The van der Waals surface area contributed by atoms with E-state index < -0.39 is 6.04 Å². The van der Waals surface area contributed by atoms with Gasteiger partial charge in [-0.2, -0.15) is 0 Å². The Bertz CT molecular complexity index is 924. The maximum absolute atomic E-state index is 12.9. The number of piperidine rings is 1. The minimum absolute atomic E-state index is 0.0102. The Morgan fingerprint density at radius 1 is 1.03 bits per heavy atom. The number of likely N-dealkylation sites (tertiary alicyclic amines) is 1. The summed E-state index contributed by atoms with van der Waals surface area (Å²) in [7, 11) is 1.57. The highest BCUT2D eigenvalue weighted by atomic mass is 16.5. The van der Waals surface area contributed by atoms with Gasteiger partial charge in [0.2, 0.25) is 5.91 Å². The quantitative estimate of drug-likeness (QED) is 0.621. The van der Waals surface area contributed by atoms with Gasteiger partial charge in [-0.1, -0.05) is 36.4 Å². The van der Waals surface area contributed by atoms with Gasteiger partial charge >= 0.3 is 0 Å².